The van der Waals surface area contributed by atoms with Gasteiger partial charge in [0.1, 0.15) is 5.82 Å². The van der Waals surface area contributed by atoms with Crippen molar-refractivity contribution in [2.75, 3.05) is 31.5 Å². The van der Waals surface area contributed by atoms with Crippen molar-refractivity contribution in [3.63, 3.8) is 0 Å². The number of para-hydroxylation sites is 1. The first-order chi connectivity index (χ1) is 12.3. The highest BCUT2D eigenvalue weighted by atomic mass is 35.5. The van der Waals surface area contributed by atoms with E-state index in [0.29, 0.717) is 5.82 Å². The molecule has 0 amide bonds. The molecule has 0 spiro atoms. The maximum Gasteiger partial charge on any atom is 0.163 e. The number of halogens is 1. The highest BCUT2D eigenvalue weighted by Gasteiger charge is 2.09. The van der Waals surface area contributed by atoms with Crippen LogP contribution in [0.5, 0.6) is 0 Å². The summed E-state index contributed by atoms with van der Waals surface area (Å²) in [5, 5.41) is 4.56. The van der Waals surface area contributed by atoms with Crippen LogP contribution in [0.1, 0.15) is 20.3 Å². The number of pyridine rings is 1. The van der Waals surface area contributed by atoms with Crippen LogP contribution in [-0.2, 0) is 0 Å². The summed E-state index contributed by atoms with van der Waals surface area (Å²) in [7, 11) is 0. The Balaban J connectivity index is 0.00000243. The molecule has 26 heavy (non-hydrogen) atoms. The maximum absolute atomic E-state index is 4.75. The number of benzene rings is 1. The predicted molar refractivity (Wildman–Crippen MR) is 111 cm³/mol. The van der Waals surface area contributed by atoms with Crippen molar-refractivity contribution in [3.05, 3.63) is 48.8 Å². The Kier molecular flexibility index (Phi) is 7.75. The molecule has 3 aromatic rings. The summed E-state index contributed by atoms with van der Waals surface area (Å²) in [6.07, 6.45) is 4.65. The van der Waals surface area contributed by atoms with Gasteiger partial charge in [-0.25, -0.2) is 9.97 Å². The molecule has 0 saturated carbocycles. The average Bonchev–Trinajstić information content (AvgIpc) is 2.68. The molecule has 5 nitrogen and oxygen atoms in total. The minimum Gasteiger partial charge on any atom is -0.369 e. The van der Waals surface area contributed by atoms with Crippen LogP contribution in [0.25, 0.3) is 22.3 Å². The van der Waals surface area contributed by atoms with E-state index in [1.807, 2.05) is 30.3 Å². The van der Waals surface area contributed by atoms with E-state index in [0.717, 1.165) is 54.9 Å². The van der Waals surface area contributed by atoms with Crippen molar-refractivity contribution < 1.29 is 0 Å². The van der Waals surface area contributed by atoms with Crippen molar-refractivity contribution in [2.45, 2.75) is 20.3 Å². The van der Waals surface area contributed by atoms with Gasteiger partial charge in [-0.1, -0.05) is 26.0 Å². The number of nitrogens with one attached hydrogen (secondary N) is 1. The first-order valence-corrected chi connectivity index (χ1v) is 8.95. The van der Waals surface area contributed by atoms with Crippen molar-refractivity contribution >= 4 is 29.1 Å². The Labute approximate surface area is 161 Å². The molecule has 2 heterocycles. The highest BCUT2D eigenvalue weighted by molar-refractivity contribution is 5.90. The Hall–Kier alpha value is -2.24. The molecule has 3 rings (SSSR count). The zero-order valence-electron chi connectivity index (χ0n) is 15.4. The monoisotopic (exact) mass is 371 g/mol. The number of nitrogens with zero attached hydrogens (tertiary/aromatic N) is 4. The number of rotatable bonds is 8. The summed E-state index contributed by atoms with van der Waals surface area (Å²) in [6, 6.07) is 12.0. The minimum atomic E-state index is 0. The largest absolute Gasteiger partial charge is 0.369 e. The summed E-state index contributed by atoms with van der Waals surface area (Å²) in [5.74, 6) is 1.60. The molecule has 0 fully saturated rings. The SMILES string of the molecule is CCN(CC)CCCNc1nc(-c2cccnc2)nc2ccccc12.Cl. The Morgan fingerprint density at radius 3 is 2.54 bits per heavy atom. The summed E-state index contributed by atoms with van der Waals surface area (Å²) in [5.41, 5.74) is 1.88. The van der Waals surface area contributed by atoms with Crippen LogP contribution in [0, 0.1) is 0 Å². The Morgan fingerprint density at radius 1 is 1.00 bits per heavy atom. The second kappa shape index (κ2) is 10.0. The van der Waals surface area contributed by atoms with Gasteiger partial charge in [-0.2, -0.15) is 0 Å². The van der Waals surface area contributed by atoms with Crippen LogP contribution in [0.3, 0.4) is 0 Å². The summed E-state index contributed by atoms with van der Waals surface area (Å²) in [4.78, 5) is 16.1. The number of hydrogen-bond acceptors (Lipinski definition) is 5. The molecule has 0 aliphatic heterocycles. The van der Waals surface area contributed by atoms with Gasteiger partial charge < -0.3 is 10.2 Å². The lowest BCUT2D eigenvalue weighted by atomic mass is 10.2. The normalized spacial score (nSPS) is 10.7. The Bertz CT molecular complexity index is 806. The fourth-order valence-corrected chi connectivity index (χ4v) is 2.88. The van der Waals surface area contributed by atoms with Gasteiger partial charge >= 0.3 is 0 Å². The molecule has 1 N–H and O–H groups in total. The van der Waals surface area contributed by atoms with Crippen molar-refractivity contribution in [2.24, 2.45) is 0 Å². The number of fused-ring (bicyclic) bond motifs is 1. The highest BCUT2D eigenvalue weighted by Crippen LogP contribution is 2.24. The second-order valence-electron chi connectivity index (χ2n) is 5.96. The molecule has 0 atom stereocenters. The van der Waals surface area contributed by atoms with Gasteiger partial charge in [-0.3, -0.25) is 4.98 Å². The molecule has 2 aromatic heterocycles. The lowest BCUT2D eigenvalue weighted by molar-refractivity contribution is 0.303. The number of anilines is 1. The Morgan fingerprint density at radius 2 is 1.81 bits per heavy atom. The predicted octanol–water partition coefficient (Wildman–Crippen LogP) is 4.26. The lowest BCUT2D eigenvalue weighted by Crippen LogP contribution is -2.25. The number of hydrogen-bond donors (Lipinski definition) is 1. The molecular formula is C20H26ClN5. The molecule has 0 radical (unpaired) electrons. The van der Waals surface area contributed by atoms with Crippen LogP contribution in [-0.4, -0.2) is 46.0 Å². The van der Waals surface area contributed by atoms with Gasteiger partial charge in [-0.05, 0) is 50.3 Å². The first-order valence-electron chi connectivity index (χ1n) is 8.95. The van der Waals surface area contributed by atoms with Crippen LogP contribution in [0.4, 0.5) is 5.82 Å². The molecule has 6 heteroatoms. The molecular weight excluding hydrogens is 346 g/mol. The molecule has 0 bridgehead atoms. The third-order valence-electron chi connectivity index (χ3n) is 4.36. The van der Waals surface area contributed by atoms with Crippen LogP contribution in [0.2, 0.25) is 0 Å². The zero-order chi connectivity index (χ0) is 17.5. The molecule has 1 aromatic carbocycles. The second-order valence-corrected chi connectivity index (χ2v) is 5.96. The first kappa shape index (κ1) is 20.1. The van der Waals surface area contributed by atoms with Gasteiger partial charge in [0.2, 0.25) is 0 Å². The average molecular weight is 372 g/mol. The molecule has 138 valence electrons. The van der Waals surface area contributed by atoms with Gasteiger partial charge in [0.25, 0.3) is 0 Å². The molecule has 0 aliphatic carbocycles. The summed E-state index contributed by atoms with van der Waals surface area (Å²) in [6.45, 7) is 8.59. The van der Waals surface area contributed by atoms with Crippen LogP contribution < -0.4 is 5.32 Å². The van der Waals surface area contributed by atoms with Gasteiger partial charge in [0.05, 0.1) is 5.52 Å². The summed E-state index contributed by atoms with van der Waals surface area (Å²) >= 11 is 0. The van der Waals surface area contributed by atoms with E-state index in [9.17, 15) is 0 Å². The fourth-order valence-electron chi connectivity index (χ4n) is 2.88. The van der Waals surface area contributed by atoms with E-state index in [2.05, 4.69) is 40.1 Å². The quantitative estimate of drug-likeness (QED) is 0.599. The third-order valence-corrected chi connectivity index (χ3v) is 4.36. The van der Waals surface area contributed by atoms with E-state index in [1.165, 1.54) is 0 Å². The van der Waals surface area contributed by atoms with Crippen molar-refractivity contribution in [1.82, 2.24) is 19.9 Å². The standard InChI is InChI=1S/C20H25N5.ClH/c1-3-25(4-2)14-8-13-22-20-17-10-5-6-11-18(17)23-19(24-20)16-9-7-12-21-15-16;/h5-7,9-12,15H,3-4,8,13-14H2,1-2H3,(H,22,23,24);1H. The van der Waals surface area contributed by atoms with Crippen molar-refractivity contribution in [1.29, 1.82) is 0 Å². The van der Waals surface area contributed by atoms with Crippen LogP contribution in [0.15, 0.2) is 48.8 Å². The van der Waals surface area contributed by atoms with E-state index >= 15 is 0 Å². The summed E-state index contributed by atoms with van der Waals surface area (Å²) < 4.78 is 0. The topological polar surface area (TPSA) is 53.9 Å². The molecule has 0 unspecified atom stereocenters. The smallest absolute Gasteiger partial charge is 0.163 e. The molecule has 0 aliphatic rings. The van der Waals surface area contributed by atoms with Gasteiger partial charge in [-0.15, -0.1) is 12.4 Å². The maximum atomic E-state index is 4.75. The zero-order valence-corrected chi connectivity index (χ0v) is 16.2. The van der Waals surface area contributed by atoms with E-state index in [4.69, 9.17) is 4.98 Å². The molecule has 0 saturated heterocycles. The van der Waals surface area contributed by atoms with E-state index in [1.54, 1.807) is 12.4 Å². The van der Waals surface area contributed by atoms with E-state index in [-0.39, 0.29) is 12.4 Å². The van der Waals surface area contributed by atoms with Gasteiger partial charge in [0, 0.05) is 29.9 Å². The van der Waals surface area contributed by atoms with Gasteiger partial charge in [0.15, 0.2) is 5.82 Å². The van der Waals surface area contributed by atoms with Crippen LogP contribution >= 0.6 is 12.4 Å². The minimum absolute atomic E-state index is 0. The lowest BCUT2D eigenvalue weighted by Gasteiger charge is -2.18. The third kappa shape index (κ3) is 4.90. The fraction of sp³-hybridized carbons (Fsp3) is 0.350. The van der Waals surface area contributed by atoms with Crippen molar-refractivity contribution in [3.8, 4) is 11.4 Å². The van der Waals surface area contributed by atoms with E-state index < -0.39 is 0 Å². The number of aromatic nitrogens is 3.